The van der Waals surface area contributed by atoms with E-state index in [0.717, 1.165) is 39.9 Å². The highest BCUT2D eigenvalue weighted by molar-refractivity contribution is 6.12. The summed E-state index contributed by atoms with van der Waals surface area (Å²) in [6.07, 6.45) is 0. The third kappa shape index (κ3) is 7.02. The quantitative estimate of drug-likeness (QED) is 0.105. The molecule has 5 rings (SSSR count). The molecule has 187 valence electrons. The number of rotatable bonds is 11. The van der Waals surface area contributed by atoms with Gasteiger partial charge >= 0.3 is 0 Å². The zero-order valence-corrected chi connectivity index (χ0v) is 20.7. The fraction of sp³-hybridized carbons (Fsp3) is 0.0606. The molecular weight excluding hydrogens is 474 g/mol. The molecule has 0 N–H and O–H groups in total. The maximum Gasteiger partial charge on any atom is 0.151 e. The number of nitrogens with zero attached hydrogens (tertiary/aromatic N) is 1. The largest absolute Gasteiger partial charge is 0.490 e. The van der Waals surface area contributed by atoms with Crippen LogP contribution in [-0.4, -0.2) is 18.9 Å². The van der Waals surface area contributed by atoms with Crippen molar-refractivity contribution in [3.05, 3.63) is 151 Å². The molecule has 0 aromatic heterocycles. The lowest BCUT2D eigenvalue weighted by atomic mass is 10.0. The average molecular weight is 501 g/mol. The van der Waals surface area contributed by atoms with Crippen molar-refractivity contribution in [1.29, 1.82) is 0 Å². The van der Waals surface area contributed by atoms with Crippen molar-refractivity contribution >= 4 is 5.71 Å². The lowest BCUT2D eigenvalue weighted by molar-refractivity contribution is 0.107. The molecule has 0 amide bonds. The molecule has 5 heteroatoms. The van der Waals surface area contributed by atoms with Gasteiger partial charge in [0.15, 0.2) is 6.61 Å². The van der Waals surface area contributed by atoms with Gasteiger partial charge in [-0.2, -0.15) is 0 Å². The van der Waals surface area contributed by atoms with Gasteiger partial charge in [-0.15, -0.1) is 0 Å². The van der Waals surface area contributed by atoms with Gasteiger partial charge in [0.25, 0.3) is 0 Å². The van der Waals surface area contributed by atoms with E-state index in [1.54, 1.807) is 6.07 Å². The molecule has 0 bridgehead atoms. The summed E-state index contributed by atoms with van der Waals surface area (Å²) in [5.41, 5.74) is 2.47. The molecule has 1 radical (unpaired) electrons. The topological polar surface area (TPSA) is 49.3 Å². The Bertz CT molecular complexity index is 1330. The van der Waals surface area contributed by atoms with Gasteiger partial charge in [0.1, 0.15) is 41.1 Å². The van der Waals surface area contributed by atoms with Crippen molar-refractivity contribution in [2.75, 3.05) is 13.2 Å². The SMILES string of the molecule is [c]1cccc(OCCON=C(c2ccc(Oc3ccccc3)cc2)c2ccc(Oc3ccccc3)cc2)c1. The van der Waals surface area contributed by atoms with E-state index in [1.165, 1.54) is 0 Å². The zero-order chi connectivity index (χ0) is 25.8. The van der Waals surface area contributed by atoms with E-state index in [4.69, 9.17) is 19.0 Å². The highest BCUT2D eigenvalue weighted by atomic mass is 16.6. The maximum absolute atomic E-state index is 5.94. The fourth-order valence-corrected chi connectivity index (χ4v) is 3.66. The monoisotopic (exact) mass is 500 g/mol. The van der Waals surface area contributed by atoms with Crippen LogP contribution in [0, 0.1) is 6.07 Å². The minimum Gasteiger partial charge on any atom is -0.490 e. The fourth-order valence-electron chi connectivity index (χ4n) is 3.66. The summed E-state index contributed by atoms with van der Waals surface area (Å²) in [5.74, 6) is 3.77. The summed E-state index contributed by atoms with van der Waals surface area (Å²) in [7, 11) is 0. The first-order valence-corrected chi connectivity index (χ1v) is 12.3. The summed E-state index contributed by atoms with van der Waals surface area (Å²) in [4.78, 5) is 5.67. The van der Waals surface area contributed by atoms with E-state index in [1.807, 2.05) is 127 Å². The number of oxime groups is 1. The molecule has 0 aliphatic heterocycles. The third-order valence-corrected chi connectivity index (χ3v) is 5.49. The summed E-state index contributed by atoms with van der Waals surface area (Å²) in [6.45, 7) is 0.658. The van der Waals surface area contributed by atoms with Gasteiger partial charge in [0.05, 0.1) is 0 Å². The second-order valence-electron chi connectivity index (χ2n) is 8.24. The van der Waals surface area contributed by atoms with Crippen LogP contribution in [0.4, 0.5) is 0 Å². The van der Waals surface area contributed by atoms with Crippen LogP contribution in [0.25, 0.3) is 0 Å². The number of para-hydroxylation sites is 2. The molecule has 0 heterocycles. The molecule has 0 spiro atoms. The Hall–Kier alpha value is -5.03. The number of benzene rings is 5. The van der Waals surface area contributed by atoms with Crippen molar-refractivity contribution in [3.8, 4) is 28.7 Å². The molecule has 5 nitrogen and oxygen atoms in total. The first kappa shape index (κ1) is 24.7. The summed E-state index contributed by atoms with van der Waals surface area (Å²) in [6, 6.07) is 45.2. The van der Waals surface area contributed by atoms with Gasteiger partial charge in [-0.1, -0.05) is 53.7 Å². The summed E-state index contributed by atoms with van der Waals surface area (Å²) in [5, 5.41) is 4.47. The second kappa shape index (κ2) is 12.8. The van der Waals surface area contributed by atoms with E-state index < -0.39 is 0 Å². The van der Waals surface area contributed by atoms with Crippen molar-refractivity contribution in [2.45, 2.75) is 0 Å². The van der Waals surface area contributed by atoms with Crippen LogP contribution < -0.4 is 14.2 Å². The Morgan fingerprint density at radius 1 is 0.526 bits per heavy atom. The van der Waals surface area contributed by atoms with E-state index in [-0.39, 0.29) is 0 Å². The predicted molar refractivity (Wildman–Crippen MR) is 148 cm³/mol. The molecule has 5 aromatic carbocycles. The van der Waals surface area contributed by atoms with Gasteiger partial charge in [-0.05, 0) is 91.0 Å². The smallest absolute Gasteiger partial charge is 0.151 e. The van der Waals surface area contributed by atoms with Crippen LogP contribution in [0.2, 0.25) is 0 Å². The van der Waals surface area contributed by atoms with Gasteiger partial charge in [-0.3, -0.25) is 0 Å². The molecule has 38 heavy (non-hydrogen) atoms. The zero-order valence-electron chi connectivity index (χ0n) is 20.7. The number of ether oxygens (including phenoxy) is 3. The van der Waals surface area contributed by atoms with E-state index in [9.17, 15) is 0 Å². The Morgan fingerprint density at radius 2 is 1.03 bits per heavy atom. The molecular formula is C33H26NO4. The van der Waals surface area contributed by atoms with E-state index in [0.29, 0.717) is 18.9 Å². The van der Waals surface area contributed by atoms with Gasteiger partial charge in [0, 0.05) is 11.1 Å². The normalized spacial score (nSPS) is 10.3. The molecule has 0 aliphatic rings. The Kier molecular flexibility index (Phi) is 8.30. The van der Waals surface area contributed by atoms with E-state index >= 15 is 0 Å². The minimum atomic E-state index is 0.294. The Balaban J connectivity index is 1.31. The van der Waals surface area contributed by atoms with Crippen molar-refractivity contribution in [1.82, 2.24) is 0 Å². The first-order chi connectivity index (χ1) is 18.8. The standard InChI is InChI=1S/C33H26NO4/c1-4-10-28(11-5-1)35-24-25-36-34-33(26-16-20-31(21-17-26)37-29-12-6-2-7-13-29)27-18-22-32(23-19-27)38-30-14-8-3-9-15-30/h1-4,6-23H,24-25H2. The van der Waals surface area contributed by atoms with Gasteiger partial charge in [0.2, 0.25) is 0 Å². The maximum atomic E-state index is 5.94. The minimum absolute atomic E-state index is 0.294. The second-order valence-corrected chi connectivity index (χ2v) is 8.24. The highest BCUT2D eigenvalue weighted by Gasteiger charge is 2.10. The molecule has 5 aromatic rings. The summed E-state index contributed by atoms with van der Waals surface area (Å²) >= 11 is 0. The van der Waals surface area contributed by atoms with E-state index in [2.05, 4.69) is 11.2 Å². The lowest BCUT2D eigenvalue weighted by Gasteiger charge is -2.11. The average Bonchev–Trinajstić information content (AvgIpc) is 2.98. The van der Waals surface area contributed by atoms with Crippen molar-refractivity contribution in [3.63, 3.8) is 0 Å². The van der Waals surface area contributed by atoms with Crippen LogP contribution >= 0.6 is 0 Å². The molecule has 0 unspecified atom stereocenters. The molecule has 0 saturated heterocycles. The van der Waals surface area contributed by atoms with Gasteiger partial charge in [-0.25, -0.2) is 0 Å². The van der Waals surface area contributed by atoms with Crippen LogP contribution in [0.3, 0.4) is 0 Å². The van der Waals surface area contributed by atoms with Crippen molar-refractivity contribution in [2.24, 2.45) is 5.16 Å². The molecule has 0 aliphatic carbocycles. The highest BCUT2D eigenvalue weighted by Crippen LogP contribution is 2.25. The van der Waals surface area contributed by atoms with Crippen LogP contribution in [0.5, 0.6) is 28.7 Å². The first-order valence-electron chi connectivity index (χ1n) is 12.3. The summed E-state index contributed by atoms with van der Waals surface area (Å²) < 4.78 is 17.6. The Morgan fingerprint density at radius 3 is 1.53 bits per heavy atom. The molecule has 0 atom stereocenters. The van der Waals surface area contributed by atoms with Crippen LogP contribution in [0.15, 0.2) is 139 Å². The molecule has 0 fully saturated rings. The van der Waals surface area contributed by atoms with Gasteiger partial charge < -0.3 is 19.0 Å². The van der Waals surface area contributed by atoms with Crippen LogP contribution in [0.1, 0.15) is 11.1 Å². The molecule has 0 saturated carbocycles. The lowest BCUT2D eigenvalue weighted by Crippen LogP contribution is -2.08. The Labute approximate surface area is 222 Å². The number of hydrogen-bond donors (Lipinski definition) is 0. The van der Waals surface area contributed by atoms with Crippen molar-refractivity contribution < 1.29 is 19.0 Å². The third-order valence-electron chi connectivity index (χ3n) is 5.49. The van der Waals surface area contributed by atoms with Crippen LogP contribution in [-0.2, 0) is 4.84 Å². The number of hydrogen-bond acceptors (Lipinski definition) is 5. The predicted octanol–water partition coefficient (Wildman–Crippen LogP) is 7.92.